The monoisotopic (exact) mass is 212 g/mol. The number of nitrogens with one attached hydrogen (secondary N) is 1. The molecule has 0 atom stereocenters. The van der Waals surface area contributed by atoms with Crippen molar-refractivity contribution >= 4 is 15.9 Å². The van der Waals surface area contributed by atoms with Gasteiger partial charge in [0.05, 0.1) is 0 Å². The fourth-order valence-corrected chi connectivity index (χ4v) is 1.36. The number of pyridine rings is 1. The van der Waals surface area contributed by atoms with Gasteiger partial charge in [0.15, 0.2) is 0 Å². The lowest BCUT2D eigenvalue weighted by atomic mass is 9.99. The van der Waals surface area contributed by atoms with Gasteiger partial charge in [0.25, 0.3) is 0 Å². The zero-order chi connectivity index (χ0) is 7.68. The Morgan fingerprint density at radius 2 is 2.27 bits per heavy atom. The van der Waals surface area contributed by atoms with Gasteiger partial charge < -0.3 is 5.32 Å². The molecule has 2 heterocycles. The number of halogens is 1. The van der Waals surface area contributed by atoms with Gasteiger partial charge in [0.2, 0.25) is 0 Å². The van der Waals surface area contributed by atoms with E-state index in [2.05, 4.69) is 32.3 Å². The molecule has 2 nitrogen and oxygen atoms in total. The molecular formula is C8H9BrN2. The molecule has 1 N–H and O–H groups in total. The van der Waals surface area contributed by atoms with Gasteiger partial charge in [-0.3, -0.25) is 4.98 Å². The van der Waals surface area contributed by atoms with Crippen molar-refractivity contribution in [2.75, 3.05) is 13.1 Å². The number of hydrogen-bond acceptors (Lipinski definition) is 2. The van der Waals surface area contributed by atoms with E-state index in [1.54, 1.807) is 0 Å². The summed E-state index contributed by atoms with van der Waals surface area (Å²) < 4.78 is 1.05. The van der Waals surface area contributed by atoms with Gasteiger partial charge in [0, 0.05) is 35.4 Å². The molecule has 1 aliphatic heterocycles. The minimum atomic E-state index is 0.642. The Morgan fingerprint density at radius 3 is 2.73 bits per heavy atom. The number of hydrogen-bond donors (Lipinski definition) is 1. The molecule has 1 aliphatic rings. The Hall–Kier alpha value is -0.410. The lowest BCUT2D eigenvalue weighted by Gasteiger charge is -2.26. The van der Waals surface area contributed by atoms with E-state index in [4.69, 9.17) is 0 Å². The number of nitrogens with zero attached hydrogens (tertiary/aromatic N) is 1. The molecule has 2 rings (SSSR count). The van der Waals surface area contributed by atoms with Gasteiger partial charge in [-0.15, -0.1) is 0 Å². The molecule has 58 valence electrons. The van der Waals surface area contributed by atoms with Crippen molar-refractivity contribution in [2.24, 2.45) is 0 Å². The van der Waals surface area contributed by atoms with Crippen LogP contribution >= 0.6 is 15.9 Å². The molecule has 1 aromatic rings. The molecule has 0 amide bonds. The first kappa shape index (κ1) is 7.25. The lowest BCUT2D eigenvalue weighted by molar-refractivity contribution is 0.440. The van der Waals surface area contributed by atoms with Crippen LogP contribution in [0.1, 0.15) is 11.6 Å². The first-order valence-corrected chi connectivity index (χ1v) is 4.48. The Kier molecular flexibility index (Phi) is 1.92. The predicted octanol–water partition coefficient (Wildman–Crippen LogP) is 1.53. The van der Waals surface area contributed by atoms with E-state index in [0.29, 0.717) is 5.92 Å². The standard InChI is InChI=1S/C8H9BrN2/c9-7-1-2-8(11-5-7)6-3-10-4-6/h1-2,5-6,10H,3-4H2. The highest BCUT2D eigenvalue weighted by atomic mass is 79.9. The van der Waals surface area contributed by atoms with Crippen LogP contribution in [0.15, 0.2) is 22.8 Å². The average molecular weight is 213 g/mol. The fraction of sp³-hybridized carbons (Fsp3) is 0.375. The van der Waals surface area contributed by atoms with Crippen LogP contribution in [0.25, 0.3) is 0 Å². The lowest BCUT2D eigenvalue weighted by Crippen LogP contribution is -2.40. The molecular weight excluding hydrogens is 204 g/mol. The highest BCUT2D eigenvalue weighted by Crippen LogP contribution is 2.18. The van der Waals surface area contributed by atoms with Gasteiger partial charge in [-0.1, -0.05) is 0 Å². The summed E-state index contributed by atoms with van der Waals surface area (Å²) in [6, 6.07) is 4.12. The molecule has 1 fully saturated rings. The van der Waals surface area contributed by atoms with Crippen LogP contribution in [-0.2, 0) is 0 Å². The Balaban J connectivity index is 2.18. The molecule has 0 spiro atoms. The predicted molar refractivity (Wildman–Crippen MR) is 47.5 cm³/mol. The second-order valence-corrected chi connectivity index (χ2v) is 3.67. The molecule has 0 saturated carbocycles. The summed E-state index contributed by atoms with van der Waals surface area (Å²) in [7, 11) is 0. The van der Waals surface area contributed by atoms with Crippen LogP contribution in [0.4, 0.5) is 0 Å². The fourth-order valence-electron chi connectivity index (χ4n) is 1.13. The third-order valence-electron chi connectivity index (χ3n) is 1.95. The van der Waals surface area contributed by atoms with E-state index in [-0.39, 0.29) is 0 Å². The van der Waals surface area contributed by atoms with Crippen molar-refractivity contribution in [1.29, 1.82) is 0 Å². The van der Waals surface area contributed by atoms with E-state index < -0.39 is 0 Å². The Labute approximate surface area is 74.2 Å². The number of aromatic nitrogens is 1. The molecule has 0 unspecified atom stereocenters. The zero-order valence-corrected chi connectivity index (χ0v) is 7.63. The average Bonchev–Trinajstić information content (AvgIpc) is 1.90. The van der Waals surface area contributed by atoms with E-state index in [1.807, 2.05) is 12.3 Å². The van der Waals surface area contributed by atoms with Gasteiger partial charge in [-0.2, -0.15) is 0 Å². The maximum atomic E-state index is 4.31. The Morgan fingerprint density at radius 1 is 1.45 bits per heavy atom. The third-order valence-corrected chi connectivity index (χ3v) is 2.42. The summed E-state index contributed by atoms with van der Waals surface area (Å²) >= 11 is 3.36. The van der Waals surface area contributed by atoms with Crippen molar-refractivity contribution in [3.8, 4) is 0 Å². The maximum absolute atomic E-state index is 4.31. The van der Waals surface area contributed by atoms with Crippen LogP contribution in [0.3, 0.4) is 0 Å². The molecule has 1 aromatic heterocycles. The smallest absolute Gasteiger partial charge is 0.0460 e. The maximum Gasteiger partial charge on any atom is 0.0460 e. The van der Waals surface area contributed by atoms with E-state index in [1.165, 1.54) is 5.69 Å². The van der Waals surface area contributed by atoms with Crippen molar-refractivity contribution in [1.82, 2.24) is 10.3 Å². The molecule has 0 radical (unpaired) electrons. The van der Waals surface area contributed by atoms with Gasteiger partial charge in [-0.05, 0) is 28.1 Å². The van der Waals surface area contributed by atoms with Crippen molar-refractivity contribution in [3.63, 3.8) is 0 Å². The topological polar surface area (TPSA) is 24.9 Å². The second kappa shape index (κ2) is 2.91. The van der Waals surface area contributed by atoms with E-state index in [0.717, 1.165) is 17.6 Å². The van der Waals surface area contributed by atoms with Crippen LogP contribution in [0.2, 0.25) is 0 Å². The van der Waals surface area contributed by atoms with Gasteiger partial charge in [-0.25, -0.2) is 0 Å². The molecule has 1 saturated heterocycles. The number of rotatable bonds is 1. The summed E-state index contributed by atoms with van der Waals surface area (Å²) in [6.45, 7) is 2.16. The molecule has 0 bridgehead atoms. The Bertz CT molecular complexity index is 241. The summed E-state index contributed by atoms with van der Waals surface area (Å²) in [5.41, 5.74) is 1.20. The first-order chi connectivity index (χ1) is 5.36. The highest BCUT2D eigenvalue weighted by Gasteiger charge is 2.19. The van der Waals surface area contributed by atoms with Gasteiger partial charge >= 0.3 is 0 Å². The van der Waals surface area contributed by atoms with Crippen molar-refractivity contribution in [2.45, 2.75) is 5.92 Å². The minimum Gasteiger partial charge on any atom is -0.315 e. The quantitative estimate of drug-likeness (QED) is 0.765. The summed E-state index contributed by atoms with van der Waals surface area (Å²) in [4.78, 5) is 4.31. The largest absolute Gasteiger partial charge is 0.315 e. The molecule has 3 heteroatoms. The molecule has 0 aliphatic carbocycles. The highest BCUT2D eigenvalue weighted by molar-refractivity contribution is 9.10. The zero-order valence-electron chi connectivity index (χ0n) is 6.05. The van der Waals surface area contributed by atoms with Crippen LogP contribution in [-0.4, -0.2) is 18.1 Å². The van der Waals surface area contributed by atoms with Crippen LogP contribution in [0, 0.1) is 0 Å². The van der Waals surface area contributed by atoms with Crippen molar-refractivity contribution < 1.29 is 0 Å². The van der Waals surface area contributed by atoms with E-state index in [9.17, 15) is 0 Å². The molecule has 11 heavy (non-hydrogen) atoms. The second-order valence-electron chi connectivity index (χ2n) is 2.76. The summed E-state index contributed by atoms with van der Waals surface area (Å²) in [5, 5.41) is 3.22. The van der Waals surface area contributed by atoms with E-state index >= 15 is 0 Å². The van der Waals surface area contributed by atoms with Crippen LogP contribution in [0.5, 0.6) is 0 Å². The summed E-state index contributed by atoms with van der Waals surface area (Å²) in [6.07, 6.45) is 1.85. The van der Waals surface area contributed by atoms with Gasteiger partial charge in [0.1, 0.15) is 0 Å². The van der Waals surface area contributed by atoms with Crippen LogP contribution < -0.4 is 5.32 Å². The van der Waals surface area contributed by atoms with Crippen molar-refractivity contribution in [3.05, 3.63) is 28.5 Å². The normalized spacial score (nSPS) is 17.9. The SMILES string of the molecule is Brc1ccc(C2CNC2)nc1. The molecule has 0 aromatic carbocycles. The minimum absolute atomic E-state index is 0.642. The first-order valence-electron chi connectivity index (χ1n) is 3.68. The summed E-state index contributed by atoms with van der Waals surface area (Å²) in [5.74, 6) is 0.642. The third kappa shape index (κ3) is 1.44.